The number of hydrogen-bond donors (Lipinski definition) is 1. The van der Waals surface area contributed by atoms with Crippen LogP contribution in [0.4, 0.5) is 0 Å². The average Bonchev–Trinajstić information content (AvgIpc) is 1.00. The molecule has 0 rings (SSSR count). The fourth-order valence-corrected chi connectivity index (χ4v) is 0. The van der Waals surface area contributed by atoms with E-state index >= 15 is 0 Å². The first-order chi connectivity index (χ1) is 1.00. The van der Waals surface area contributed by atoms with Crippen LogP contribution in [0.5, 0.6) is 0 Å². The Balaban J connectivity index is -0.00000000500. The maximum Gasteiger partial charge on any atom is 3.00 e. The van der Waals surface area contributed by atoms with Crippen molar-refractivity contribution in [3.8, 4) is 0 Å². The molecule has 0 aromatic heterocycles. The van der Waals surface area contributed by atoms with Gasteiger partial charge in [0.15, 0.2) is 0 Å². The van der Waals surface area contributed by atoms with Crippen LogP contribution in [0.3, 0.4) is 0 Å². The molecule has 0 saturated heterocycles. The fraction of sp³-hybridized carbons (Fsp3) is 0. The Bertz CT molecular complexity index is 8.00. The van der Waals surface area contributed by atoms with Gasteiger partial charge in [-0.15, -0.1) is 0 Å². The van der Waals surface area contributed by atoms with Crippen molar-refractivity contribution < 1.29 is 34.2 Å². The number of halogens is 1. The van der Waals surface area contributed by atoms with E-state index in [1.807, 2.05) is 0 Å². The van der Waals surface area contributed by atoms with Gasteiger partial charge in [0.1, 0.15) is 0 Å². The minimum atomic E-state index is 0. The molecule has 14 valence electrons. The molecule has 0 amide bonds. The smallest absolute Gasteiger partial charge is 0.295 e. The molecule has 1 N–H and O–H groups in total. The van der Waals surface area contributed by atoms with E-state index in [2.05, 4.69) is 11.9 Å². The third-order valence-corrected chi connectivity index (χ3v) is 0. The van der Waals surface area contributed by atoms with Crippen molar-refractivity contribution in [2.45, 2.75) is 0 Å². The summed E-state index contributed by atoms with van der Waals surface area (Å²) in [5.74, 6) is 0. The van der Waals surface area contributed by atoms with Gasteiger partial charge in [-0.05, 0) is 0 Å². The van der Waals surface area contributed by atoms with E-state index in [9.17, 15) is 0 Å². The predicted molar refractivity (Wildman–Crippen MR) is 13.8 cm³/mol. The Labute approximate surface area is 62.9 Å². The Kier molecular flexibility index (Phi) is 92.0. The first-order valence-electron chi connectivity index (χ1n) is 0.169. The van der Waals surface area contributed by atoms with Crippen LogP contribution >= 0.6 is 11.9 Å². The second kappa shape index (κ2) is 21.5. The van der Waals surface area contributed by atoms with E-state index in [0.29, 0.717) is 0 Å². The van der Waals surface area contributed by atoms with Gasteiger partial charge in [0.2, 0.25) is 0 Å². The molecule has 0 aromatic rings. The molecule has 4 heavy (non-hydrogen) atoms. The topological polar surface area (TPSA) is 20.2 Å². The normalized spacial score (nSPS) is 1.50. The van der Waals surface area contributed by atoms with E-state index < -0.39 is 0 Å². The van der Waals surface area contributed by atoms with Crippen LogP contribution in [0.15, 0.2) is 0 Å². The summed E-state index contributed by atoms with van der Waals surface area (Å²) in [6, 6.07) is 0. The van der Waals surface area contributed by atoms with Crippen LogP contribution in [0.1, 0.15) is 0 Å². The van der Waals surface area contributed by atoms with Crippen molar-refractivity contribution in [1.29, 1.82) is 0 Å². The van der Waals surface area contributed by atoms with Gasteiger partial charge in [0.05, 0.1) is 11.9 Å². The van der Waals surface area contributed by atoms with Crippen molar-refractivity contribution in [2.24, 2.45) is 0 Å². The summed E-state index contributed by atoms with van der Waals surface area (Å²) in [5.41, 5.74) is 0. The van der Waals surface area contributed by atoms with Crippen LogP contribution in [0.2, 0.25) is 0 Å². The maximum absolute atomic E-state index is 6.47. The standard InChI is InChI=1S/Al.ClHO.Na/c;1-2;/h;2H;/q+3;;+1. The Morgan fingerprint density at radius 1 is 1.25 bits per heavy atom. The van der Waals surface area contributed by atoms with E-state index in [1.54, 1.807) is 0 Å². The number of rotatable bonds is 0. The summed E-state index contributed by atoms with van der Waals surface area (Å²) in [5, 5.41) is 0. The Morgan fingerprint density at radius 2 is 1.25 bits per heavy atom. The summed E-state index contributed by atoms with van der Waals surface area (Å²) in [6.45, 7) is 0. The minimum Gasteiger partial charge on any atom is -0.295 e. The van der Waals surface area contributed by atoms with E-state index in [-0.39, 0.29) is 46.9 Å². The molecule has 0 aliphatic rings. The van der Waals surface area contributed by atoms with Gasteiger partial charge in [-0.1, -0.05) is 0 Å². The van der Waals surface area contributed by atoms with Gasteiger partial charge >= 0.3 is 46.9 Å². The molecule has 0 fully saturated rings. The third kappa shape index (κ3) is 9.22. The van der Waals surface area contributed by atoms with Crippen LogP contribution in [0, 0.1) is 0 Å². The van der Waals surface area contributed by atoms with E-state index in [1.165, 1.54) is 0 Å². The van der Waals surface area contributed by atoms with E-state index in [0.717, 1.165) is 0 Å². The van der Waals surface area contributed by atoms with Crippen molar-refractivity contribution in [1.82, 2.24) is 0 Å². The summed E-state index contributed by atoms with van der Waals surface area (Å²) in [7, 11) is 0. The maximum atomic E-state index is 6.47. The molecular formula is HAlClNaO+4. The van der Waals surface area contributed by atoms with Gasteiger partial charge in [-0.25, -0.2) is 0 Å². The van der Waals surface area contributed by atoms with Gasteiger partial charge < -0.3 is 0 Å². The molecule has 0 aliphatic heterocycles. The van der Waals surface area contributed by atoms with Crippen LogP contribution < -0.4 is 29.6 Å². The minimum absolute atomic E-state index is 0. The molecule has 0 unspecified atom stereocenters. The van der Waals surface area contributed by atoms with Crippen molar-refractivity contribution in [3.05, 3.63) is 0 Å². The Hall–Kier alpha value is 1.78. The average molecular weight is 102 g/mol. The van der Waals surface area contributed by atoms with Gasteiger partial charge in [0.25, 0.3) is 0 Å². The SMILES string of the molecule is OCl.[Al+3].[Na+]. The molecule has 4 heteroatoms. The molecule has 0 aliphatic carbocycles. The van der Waals surface area contributed by atoms with Crippen LogP contribution in [0.25, 0.3) is 0 Å². The van der Waals surface area contributed by atoms with Crippen LogP contribution in [-0.2, 0) is 0 Å². The van der Waals surface area contributed by atoms with Gasteiger partial charge in [-0.2, -0.15) is 0 Å². The van der Waals surface area contributed by atoms with Crippen LogP contribution in [-0.4, -0.2) is 22.0 Å². The molecule has 0 spiro atoms. The summed E-state index contributed by atoms with van der Waals surface area (Å²) < 4.78 is 6.47. The Morgan fingerprint density at radius 3 is 1.25 bits per heavy atom. The first kappa shape index (κ1) is 17.1. The first-order valence-corrected chi connectivity index (χ1v) is 0.507. The predicted octanol–water partition coefficient (Wildman–Crippen LogP) is -3.24. The molecule has 0 radical (unpaired) electrons. The second-order valence-corrected chi connectivity index (χ2v) is 0. The summed E-state index contributed by atoms with van der Waals surface area (Å²) in [6.07, 6.45) is 0. The van der Waals surface area contributed by atoms with E-state index in [4.69, 9.17) is 4.66 Å². The molecule has 1 nitrogen and oxygen atoms in total. The number of hydrogen-bond acceptors (Lipinski definition) is 1. The molecule has 0 saturated carbocycles. The fourth-order valence-electron chi connectivity index (χ4n) is 0. The quantitative estimate of drug-likeness (QED) is 0.319. The second-order valence-electron chi connectivity index (χ2n) is 0. The van der Waals surface area contributed by atoms with Crippen molar-refractivity contribution >= 4 is 29.2 Å². The van der Waals surface area contributed by atoms with Gasteiger partial charge in [-0.3, -0.25) is 4.66 Å². The zero-order valence-electron chi connectivity index (χ0n) is 2.40. The zero-order chi connectivity index (χ0) is 2.00. The molecule has 0 aromatic carbocycles. The van der Waals surface area contributed by atoms with Crippen molar-refractivity contribution in [2.75, 3.05) is 0 Å². The summed E-state index contributed by atoms with van der Waals surface area (Å²) in [4.78, 5) is 0. The van der Waals surface area contributed by atoms with Gasteiger partial charge in [0, 0.05) is 0 Å². The molecular weight excluding hydrogens is 101 g/mol. The third-order valence-electron chi connectivity index (χ3n) is 0. The largest absolute Gasteiger partial charge is 3.00 e. The van der Waals surface area contributed by atoms with Crippen molar-refractivity contribution in [3.63, 3.8) is 0 Å². The molecule has 0 atom stereocenters. The summed E-state index contributed by atoms with van der Waals surface area (Å²) >= 11 is 3.64. The zero-order valence-corrected chi connectivity index (χ0v) is 6.31. The molecule has 0 heterocycles. The monoisotopic (exact) mass is 102 g/mol. The molecule has 0 bridgehead atoms.